The molecule has 6 heteroatoms. The van der Waals surface area contributed by atoms with Crippen molar-refractivity contribution < 1.29 is 9.53 Å². The zero-order valence-electron chi connectivity index (χ0n) is 9.30. The number of nitrogens with zero attached hydrogens (tertiary/aromatic N) is 2. The Morgan fingerprint density at radius 3 is 2.75 bits per heavy atom. The third-order valence-corrected chi connectivity index (χ3v) is 2.23. The van der Waals surface area contributed by atoms with E-state index in [0.29, 0.717) is 6.42 Å². The lowest BCUT2D eigenvalue weighted by Gasteiger charge is -2.05. The second-order valence-electron chi connectivity index (χ2n) is 3.38. The predicted molar refractivity (Wildman–Crippen MR) is 57.2 cm³/mol. The molecule has 0 aliphatic heterocycles. The van der Waals surface area contributed by atoms with Gasteiger partial charge in [0.25, 0.3) is 5.56 Å². The molecule has 0 radical (unpaired) electrons. The Morgan fingerprint density at radius 1 is 1.44 bits per heavy atom. The Hall–Kier alpha value is -1.85. The summed E-state index contributed by atoms with van der Waals surface area (Å²) in [6, 6.07) is 1.32. The normalized spacial score (nSPS) is 10.1. The maximum atomic E-state index is 11.5. The van der Waals surface area contributed by atoms with E-state index < -0.39 is 0 Å². The van der Waals surface area contributed by atoms with Crippen LogP contribution in [-0.4, -0.2) is 22.2 Å². The first-order valence-electron chi connectivity index (χ1n) is 4.89. The third kappa shape index (κ3) is 2.82. The van der Waals surface area contributed by atoms with Crippen LogP contribution >= 0.6 is 0 Å². The van der Waals surface area contributed by atoms with Crippen LogP contribution < -0.4 is 11.2 Å². The molecule has 1 heterocycles. The van der Waals surface area contributed by atoms with Crippen molar-refractivity contribution in [2.75, 3.05) is 7.11 Å². The molecule has 1 aromatic rings. The fourth-order valence-electron chi connectivity index (χ4n) is 1.30. The Bertz CT molecular complexity index is 486. The summed E-state index contributed by atoms with van der Waals surface area (Å²) in [7, 11) is 2.87. The summed E-state index contributed by atoms with van der Waals surface area (Å²) in [5.41, 5.74) is -0.731. The Morgan fingerprint density at radius 2 is 2.12 bits per heavy atom. The van der Waals surface area contributed by atoms with Crippen molar-refractivity contribution in [2.45, 2.75) is 19.4 Å². The minimum absolute atomic E-state index is 0.195. The summed E-state index contributed by atoms with van der Waals surface area (Å²) < 4.78 is 6.88. The van der Waals surface area contributed by atoms with Crippen LogP contribution in [0, 0.1) is 0 Å². The fraction of sp³-hybridized carbons (Fsp3) is 0.500. The molecule has 0 spiro atoms. The number of methoxy groups -OCH3 is 1. The molecule has 0 bridgehead atoms. The van der Waals surface area contributed by atoms with E-state index in [1.165, 1.54) is 23.9 Å². The van der Waals surface area contributed by atoms with Gasteiger partial charge in [0.15, 0.2) is 0 Å². The standard InChI is InChI=1S/C10H14N2O4/c1-11-7-5-8(13)12(10(11)15)6-3-4-9(14)16-2/h5,7H,3-4,6H2,1-2H3. The molecule has 16 heavy (non-hydrogen) atoms. The van der Waals surface area contributed by atoms with Crippen LogP contribution in [-0.2, 0) is 23.1 Å². The molecule has 6 nitrogen and oxygen atoms in total. The molecule has 1 aromatic heterocycles. The first-order chi connectivity index (χ1) is 7.56. The van der Waals surface area contributed by atoms with E-state index in [9.17, 15) is 14.4 Å². The van der Waals surface area contributed by atoms with Crippen LogP contribution in [0.1, 0.15) is 12.8 Å². The Kier molecular flexibility index (Phi) is 4.04. The zero-order valence-corrected chi connectivity index (χ0v) is 9.30. The van der Waals surface area contributed by atoms with Gasteiger partial charge in [0, 0.05) is 32.3 Å². The van der Waals surface area contributed by atoms with Gasteiger partial charge in [-0.15, -0.1) is 0 Å². The van der Waals surface area contributed by atoms with Gasteiger partial charge in [-0.2, -0.15) is 0 Å². The summed E-state index contributed by atoms with van der Waals surface area (Å²) in [5, 5.41) is 0. The number of hydrogen-bond acceptors (Lipinski definition) is 4. The molecular formula is C10H14N2O4. The van der Waals surface area contributed by atoms with Crippen molar-refractivity contribution in [1.29, 1.82) is 0 Å². The van der Waals surface area contributed by atoms with Crippen molar-refractivity contribution >= 4 is 5.97 Å². The maximum Gasteiger partial charge on any atom is 0.330 e. The van der Waals surface area contributed by atoms with E-state index in [-0.39, 0.29) is 30.2 Å². The fourth-order valence-corrected chi connectivity index (χ4v) is 1.30. The minimum Gasteiger partial charge on any atom is -0.469 e. The van der Waals surface area contributed by atoms with Crippen LogP contribution in [0.15, 0.2) is 21.9 Å². The highest BCUT2D eigenvalue weighted by Crippen LogP contribution is 1.92. The molecule has 0 saturated carbocycles. The van der Waals surface area contributed by atoms with Gasteiger partial charge < -0.3 is 9.30 Å². The summed E-state index contributed by atoms with van der Waals surface area (Å²) in [5.74, 6) is -0.346. The van der Waals surface area contributed by atoms with Gasteiger partial charge in [0.2, 0.25) is 0 Å². The molecule has 0 fully saturated rings. The van der Waals surface area contributed by atoms with Gasteiger partial charge in [0.05, 0.1) is 7.11 Å². The Balaban J connectivity index is 2.75. The molecule has 0 saturated heterocycles. The molecule has 0 amide bonds. The van der Waals surface area contributed by atoms with E-state index in [1.807, 2.05) is 0 Å². The van der Waals surface area contributed by atoms with Crippen molar-refractivity contribution in [3.05, 3.63) is 33.1 Å². The lowest BCUT2D eigenvalue weighted by atomic mass is 10.3. The lowest BCUT2D eigenvalue weighted by molar-refractivity contribution is -0.140. The molecule has 0 aliphatic rings. The number of carbonyl (C=O) groups is 1. The highest BCUT2D eigenvalue weighted by atomic mass is 16.5. The highest BCUT2D eigenvalue weighted by molar-refractivity contribution is 5.68. The van der Waals surface area contributed by atoms with Gasteiger partial charge >= 0.3 is 11.7 Å². The van der Waals surface area contributed by atoms with Crippen molar-refractivity contribution in [1.82, 2.24) is 9.13 Å². The van der Waals surface area contributed by atoms with E-state index in [1.54, 1.807) is 7.05 Å². The number of aryl methyl sites for hydroxylation is 1. The van der Waals surface area contributed by atoms with E-state index in [0.717, 1.165) is 4.57 Å². The second-order valence-corrected chi connectivity index (χ2v) is 3.38. The predicted octanol–water partition coefficient (Wildman–Crippen LogP) is -0.500. The van der Waals surface area contributed by atoms with Gasteiger partial charge in [-0.3, -0.25) is 14.2 Å². The average molecular weight is 226 g/mol. The first kappa shape index (κ1) is 12.2. The van der Waals surface area contributed by atoms with E-state index in [2.05, 4.69) is 4.74 Å². The molecule has 0 atom stereocenters. The second kappa shape index (κ2) is 5.29. The van der Waals surface area contributed by atoms with Crippen LogP contribution in [0.25, 0.3) is 0 Å². The van der Waals surface area contributed by atoms with Crippen LogP contribution in [0.4, 0.5) is 0 Å². The molecular weight excluding hydrogens is 212 g/mol. The quantitative estimate of drug-likeness (QED) is 0.649. The first-order valence-corrected chi connectivity index (χ1v) is 4.89. The van der Waals surface area contributed by atoms with Crippen LogP contribution in [0.3, 0.4) is 0 Å². The Labute approximate surface area is 92.1 Å². The maximum absolute atomic E-state index is 11.5. The van der Waals surface area contributed by atoms with Gasteiger partial charge in [-0.1, -0.05) is 0 Å². The topological polar surface area (TPSA) is 70.3 Å². The molecule has 88 valence electrons. The van der Waals surface area contributed by atoms with E-state index in [4.69, 9.17) is 0 Å². The molecule has 0 aromatic carbocycles. The number of rotatable bonds is 4. The molecule has 0 aliphatic carbocycles. The number of ether oxygens (including phenoxy) is 1. The summed E-state index contributed by atoms with van der Waals surface area (Å²) in [6.45, 7) is 0.224. The lowest BCUT2D eigenvalue weighted by Crippen LogP contribution is -2.38. The van der Waals surface area contributed by atoms with Gasteiger partial charge in [-0.05, 0) is 6.42 Å². The van der Waals surface area contributed by atoms with Gasteiger partial charge in [0.1, 0.15) is 0 Å². The number of carbonyl (C=O) groups excluding carboxylic acids is 1. The SMILES string of the molecule is COC(=O)CCCn1c(=O)ccn(C)c1=O. The molecule has 1 rings (SSSR count). The van der Waals surface area contributed by atoms with Gasteiger partial charge in [-0.25, -0.2) is 4.79 Å². The summed E-state index contributed by atoms with van der Waals surface area (Å²) >= 11 is 0. The van der Waals surface area contributed by atoms with Crippen molar-refractivity contribution in [3.8, 4) is 0 Å². The number of hydrogen-bond donors (Lipinski definition) is 0. The zero-order chi connectivity index (χ0) is 12.1. The van der Waals surface area contributed by atoms with E-state index >= 15 is 0 Å². The number of aromatic nitrogens is 2. The monoisotopic (exact) mass is 226 g/mol. The van der Waals surface area contributed by atoms with Crippen molar-refractivity contribution in [3.63, 3.8) is 0 Å². The van der Waals surface area contributed by atoms with Crippen molar-refractivity contribution in [2.24, 2.45) is 7.05 Å². The molecule has 0 N–H and O–H groups in total. The largest absolute Gasteiger partial charge is 0.469 e. The highest BCUT2D eigenvalue weighted by Gasteiger charge is 2.04. The number of esters is 1. The molecule has 0 unspecified atom stereocenters. The minimum atomic E-state index is -0.377. The van der Waals surface area contributed by atoms with Crippen LogP contribution in [0.2, 0.25) is 0 Å². The average Bonchev–Trinajstić information content (AvgIpc) is 2.28. The van der Waals surface area contributed by atoms with Crippen LogP contribution in [0.5, 0.6) is 0 Å². The summed E-state index contributed by atoms with van der Waals surface area (Å²) in [6.07, 6.45) is 2.02. The summed E-state index contributed by atoms with van der Waals surface area (Å²) in [4.78, 5) is 33.8. The third-order valence-electron chi connectivity index (χ3n) is 2.23. The smallest absolute Gasteiger partial charge is 0.330 e.